The Kier molecular flexibility index (Phi) is 3.86. The number of allylic oxidation sites excluding steroid dienone is 1. The molecule has 1 aliphatic carbocycles. The monoisotopic (exact) mass is 272 g/mol. The van der Waals surface area contributed by atoms with Gasteiger partial charge in [-0.15, -0.1) is 0 Å². The van der Waals surface area contributed by atoms with Crippen molar-refractivity contribution in [2.24, 2.45) is 5.92 Å². The molecular formula is C12H21BrN2. The molecule has 3 heteroatoms. The molecule has 0 aromatic carbocycles. The second-order valence-electron chi connectivity index (χ2n) is 4.98. The average Bonchev–Trinajstić information content (AvgIpc) is 2.22. The van der Waals surface area contributed by atoms with Gasteiger partial charge >= 0.3 is 0 Å². The van der Waals surface area contributed by atoms with E-state index in [4.69, 9.17) is 0 Å². The van der Waals surface area contributed by atoms with E-state index in [-0.39, 0.29) is 0 Å². The number of alkyl halides is 1. The summed E-state index contributed by atoms with van der Waals surface area (Å²) in [6.45, 7) is 5.83. The van der Waals surface area contributed by atoms with Crippen LogP contribution in [0.3, 0.4) is 0 Å². The van der Waals surface area contributed by atoms with Crippen LogP contribution in [-0.4, -0.2) is 42.5 Å². The zero-order valence-electron chi connectivity index (χ0n) is 9.67. The van der Waals surface area contributed by atoms with Gasteiger partial charge in [0.1, 0.15) is 0 Å². The molecule has 2 aliphatic rings. The summed E-state index contributed by atoms with van der Waals surface area (Å²) in [5.41, 5.74) is 1.63. The molecule has 3 atom stereocenters. The van der Waals surface area contributed by atoms with Crippen molar-refractivity contribution in [1.82, 2.24) is 10.2 Å². The van der Waals surface area contributed by atoms with Gasteiger partial charge in [-0.25, -0.2) is 0 Å². The number of hydrogen-bond donors (Lipinski definition) is 1. The van der Waals surface area contributed by atoms with E-state index in [2.05, 4.69) is 46.2 Å². The molecule has 1 heterocycles. The Morgan fingerprint density at radius 3 is 3.00 bits per heavy atom. The molecule has 0 aromatic rings. The number of nitrogens with zero attached hydrogens (tertiary/aromatic N) is 1. The predicted molar refractivity (Wildman–Crippen MR) is 68.5 cm³/mol. The summed E-state index contributed by atoms with van der Waals surface area (Å²) in [4.78, 5) is 3.11. The van der Waals surface area contributed by atoms with Gasteiger partial charge in [-0.1, -0.05) is 34.5 Å². The van der Waals surface area contributed by atoms with E-state index >= 15 is 0 Å². The zero-order chi connectivity index (χ0) is 10.8. The normalized spacial score (nSPS) is 38.9. The van der Waals surface area contributed by atoms with Crippen LogP contribution >= 0.6 is 15.9 Å². The van der Waals surface area contributed by atoms with Gasteiger partial charge in [0.25, 0.3) is 0 Å². The van der Waals surface area contributed by atoms with Crippen molar-refractivity contribution in [3.8, 4) is 0 Å². The molecule has 0 saturated carbocycles. The minimum atomic E-state index is 0.603. The van der Waals surface area contributed by atoms with Crippen LogP contribution in [-0.2, 0) is 0 Å². The Bertz CT molecular complexity index is 252. The number of hydrogen-bond acceptors (Lipinski definition) is 2. The quantitative estimate of drug-likeness (QED) is 0.581. The molecule has 2 nitrogen and oxygen atoms in total. The highest BCUT2D eigenvalue weighted by Crippen LogP contribution is 2.31. The zero-order valence-corrected chi connectivity index (χ0v) is 11.3. The number of piperazine rings is 1. The maximum absolute atomic E-state index is 3.74. The lowest BCUT2D eigenvalue weighted by molar-refractivity contribution is 0.249. The van der Waals surface area contributed by atoms with Gasteiger partial charge in [0.05, 0.1) is 0 Å². The van der Waals surface area contributed by atoms with Crippen molar-refractivity contribution >= 4 is 15.9 Å². The summed E-state index contributed by atoms with van der Waals surface area (Å²) in [7, 11) is 2.22. The Morgan fingerprint density at radius 2 is 2.33 bits per heavy atom. The first-order valence-corrected chi connectivity index (χ1v) is 6.83. The van der Waals surface area contributed by atoms with Crippen LogP contribution in [0.5, 0.6) is 0 Å². The third-order valence-electron chi connectivity index (χ3n) is 3.61. The minimum absolute atomic E-state index is 0.603. The van der Waals surface area contributed by atoms with Crippen molar-refractivity contribution < 1.29 is 0 Å². The first kappa shape index (κ1) is 11.6. The maximum atomic E-state index is 3.74. The molecule has 0 aromatic heterocycles. The summed E-state index contributed by atoms with van der Waals surface area (Å²) in [5, 5.41) is 3.63. The number of halogens is 1. The molecule has 0 spiro atoms. The summed E-state index contributed by atoms with van der Waals surface area (Å²) >= 11 is 3.74. The molecule has 1 saturated heterocycles. The first-order chi connectivity index (χ1) is 7.16. The summed E-state index contributed by atoms with van der Waals surface area (Å²) in [6.07, 6.45) is 4.88. The highest BCUT2D eigenvalue weighted by molar-refractivity contribution is 9.09. The Hall–Kier alpha value is 0.140. The van der Waals surface area contributed by atoms with Gasteiger partial charge in [-0.2, -0.15) is 0 Å². The van der Waals surface area contributed by atoms with Gasteiger partial charge < -0.3 is 10.2 Å². The number of likely N-dealkylation sites (N-methyl/N-ethyl adjacent to an activating group) is 1. The lowest BCUT2D eigenvalue weighted by Gasteiger charge is -2.35. The van der Waals surface area contributed by atoms with Gasteiger partial charge in [-0.05, 0) is 25.8 Å². The number of nitrogens with one attached hydrogen (secondary N) is 1. The van der Waals surface area contributed by atoms with Crippen LogP contribution in [0, 0.1) is 5.92 Å². The van der Waals surface area contributed by atoms with Crippen molar-refractivity contribution in [1.29, 1.82) is 0 Å². The fourth-order valence-corrected chi connectivity index (χ4v) is 2.88. The second-order valence-corrected chi connectivity index (χ2v) is 6.16. The van der Waals surface area contributed by atoms with Gasteiger partial charge in [0.2, 0.25) is 0 Å². The fourth-order valence-electron chi connectivity index (χ4n) is 2.51. The SMILES string of the molecule is CC1CC(C2CN(C)CCN2)=CCC1Br. The summed E-state index contributed by atoms with van der Waals surface area (Å²) < 4.78 is 0. The van der Waals surface area contributed by atoms with Crippen LogP contribution in [0.4, 0.5) is 0 Å². The largest absolute Gasteiger partial charge is 0.308 e. The molecule has 0 radical (unpaired) electrons. The lowest BCUT2D eigenvalue weighted by atomic mass is 9.86. The smallest absolute Gasteiger partial charge is 0.0408 e. The average molecular weight is 273 g/mol. The molecular weight excluding hydrogens is 252 g/mol. The van der Waals surface area contributed by atoms with Gasteiger partial charge in [0, 0.05) is 30.5 Å². The van der Waals surface area contributed by atoms with E-state index in [1.807, 2.05) is 0 Å². The van der Waals surface area contributed by atoms with Crippen LogP contribution in [0.1, 0.15) is 19.8 Å². The van der Waals surface area contributed by atoms with Crippen molar-refractivity contribution in [2.75, 3.05) is 26.7 Å². The van der Waals surface area contributed by atoms with E-state index < -0.39 is 0 Å². The fraction of sp³-hybridized carbons (Fsp3) is 0.833. The van der Waals surface area contributed by atoms with Crippen LogP contribution < -0.4 is 5.32 Å². The van der Waals surface area contributed by atoms with Crippen LogP contribution in [0.2, 0.25) is 0 Å². The summed E-state index contributed by atoms with van der Waals surface area (Å²) in [5.74, 6) is 0.777. The lowest BCUT2D eigenvalue weighted by Crippen LogP contribution is -2.50. The molecule has 0 amide bonds. The van der Waals surface area contributed by atoms with E-state index in [0.717, 1.165) is 12.5 Å². The van der Waals surface area contributed by atoms with Crippen LogP contribution in [0.15, 0.2) is 11.6 Å². The van der Waals surface area contributed by atoms with Crippen molar-refractivity contribution in [3.63, 3.8) is 0 Å². The minimum Gasteiger partial charge on any atom is -0.308 e. The van der Waals surface area contributed by atoms with E-state index in [9.17, 15) is 0 Å². The molecule has 15 heavy (non-hydrogen) atoms. The molecule has 2 rings (SSSR count). The second kappa shape index (κ2) is 4.98. The van der Waals surface area contributed by atoms with Crippen molar-refractivity contribution in [3.05, 3.63) is 11.6 Å². The Balaban J connectivity index is 1.98. The molecule has 0 bridgehead atoms. The first-order valence-electron chi connectivity index (χ1n) is 5.91. The molecule has 1 aliphatic heterocycles. The highest BCUT2D eigenvalue weighted by Gasteiger charge is 2.26. The van der Waals surface area contributed by atoms with Crippen molar-refractivity contribution in [2.45, 2.75) is 30.6 Å². The van der Waals surface area contributed by atoms with Crippen LogP contribution in [0.25, 0.3) is 0 Å². The third-order valence-corrected chi connectivity index (χ3v) is 4.88. The highest BCUT2D eigenvalue weighted by atomic mass is 79.9. The van der Waals surface area contributed by atoms with E-state index in [1.54, 1.807) is 5.57 Å². The third kappa shape index (κ3) is 2.83. The molecule has 1 N–H and O–H groups in total. The van der Waals surface area contributed by atoms with Gasteiger partial charge in [-0.3, -0.25) is 0 Å². The Morgan fingerprint density at radius 1 is 1.53 bits per heavy atom. The molecule has 1 fully saturated rings. The Labute approximate surface area is 101 Å². The topological polar surface area (TPSA) is 15.3 Å². The standard InChI is InChI=1S/C12H21BrN2/c1-9-7-10(3-4-11(9)13)12-8-15(2)6-5-14-12/h3,9,11-12,14H,4-8H2,1-2H3. The predicted octanol–water partition coefficient (Wildman–Crippen LogP) is 2.01. The van der Waals surface area contributed by atoms with E-state index in [0.29, 0.717) is 10.9 Å². The molecule has 3 unspecified atom stereocenters. The molecule has 86 valence electrons. The maximum Gasteiger partial charge on any atom is 0.0408 e. The van der Waals surface area contributed by atoms with Gasteiger partial charge in [0.15, 0.2) is 0 Å². The number of rotatable bonds is 1. The van der Waals surface area contributed by atoms with E-state index in [1.165, 1.54) is 25.9 Å². The summed E-state index contributed by atoms with van der Waals surface area (Å²) in [6, 6.07) is 0.603.